The van der Waals surface area contributed by atoms with E-state index in [9.17, 15) is 0 Å². The number of furan rings is 2. The fourth-order valence-corrected chi connectivity index (χ4v) is 14.2. The van der Waals surface area contributed by atoms with Crippen LogP contribution in [0.4, 0.5) is 11.4 Å². The molecule has 2 aliphatic carbocycles. The Morgan fingerprint density at radius 3 is 1.92 bits per heavy atom. The lowest BCUT2D eigenvalue weighted by atomic mass is 9.43. The van der Waals surface area contributed by atoms with Crippen LogP contribution in [0.15, 0.2) is 136 Å². The molecule has 0 saturated carbocycles. The highest BCUT2D eigenvalue weighted by Gasteiger charge is 2.48. The molecule has 2 aliphatic heterocycles. The Morgan fingerprint density at radius 2 is 1.17 bits per heavy atom. The zero-order valence-electron chi connectivity index (χ0n) is 43.8. The Morgan fingerprint density at radius 1 is 0.500 bits per heavy atom. The molecule has 0 bridgehead atoms. The van der Waals surface area contributed by atoms with Gasteiger partial charge < -0.3 is 18.2 Å². The molecule has 354 valence electrons. The smallest absolute Gasteiger partial charge is 0.333 e. The van der Waals surface area contributed by atoms with Crippen molar-refractivity contribution < 1.29 is 8.83 Å². The van der Waals surface area contributed by atoms with Crippen LogP contribution in [-0.2, 0) is 27.1 Å². The van der Waals surface area contributed by atoms with Gasteiger partial charge in [0.25, 0.3) is 0 Å². The third kappa shape index (κ3) is 5.34. The van der Waals surface area contributed by atoms with Crippen molar-refractivity contribution in [2.24, 2.45) is 0 Å². The third-order valence-corrected chi connectivity index (χ3v) is 18.3. The highest BCUT2D eigenvalue weighted by molar-refractivity contribution is 6.94. The molecule has 0 spiro atoms. The van der Waals surface area contributed by atoms with Crippen molar-refractivity contribution in [3.8, 4) is 27.9 Å². The topological polar surface area (TPSA) is 34.5 Å². The minimum absolute atomic E-state index is 0.000788. The molecule has 15 rings (SSSR count). The number of rotatable bonds is 1. The average molecular weight is 937 g/mol. The number of fused-ring (bicyclic) bond motifs is 20. The van der Waals surface area contributed by atoms with E-state index in [-0.39, 0.29) is 33.9 Å². The van der Waals surface area contributed by atoms with Crippen LogP contribution in [-0.4, -0.2) is 11.4 Å². The Hall–Kier alpha value is -6.98. The number of hydrogen-bond acceptors (Lipinski definition) is 3. The zero-order chi connectivity index (χ0) is 49.5. The number of hydrogen-bond donors (Lipinski definition) is 0. The summed E-state index contributed by atoms with van der Waals surface area (Å²) in [5.41, 5.74) is 25.6. The highest BCUT2D eigenvalue weighted by Crippen LogP contribution is 2.56. The molecule has 0 unspecified atom stereocenters. The van der Waals surface area contributed by atoms with E-state index in [4.69, 9.17) is 8.83 Å². The van der Waals surface area contributed by atoms with Crippen LogP contribution < -0.4 is 15.7 Å². The van der Waals surface area contributed by atoms with Gasteiger partial charge in [-0.05, 0) is 150 Å². The van der Waals surface area contributed by atoms with Crippen molar-refractivity contribution in [3.05, 3.63) is 161 Å². The molecule has 4 nitrogen and oxygen atoms in total. The molecule has 0 saturated heterocycles. The summed E-state index contributed by atoms with van der Waals surface area (Å²) in [7, 11) is 0. The van der Waals surface area contributed by atoms with E-state index >= 15 is 0 Å². The van der Waals surface area contributed by atoms with Gasteiger partial charge in [-0.1, -0.05) is 150 Å². The molecule has 5 heteroatoms. The van der Waals surface area contributed by atoms with E-state index in [1.165, 1.54) is 105 Å². The molecular formula is C67H61BN2O2. The van der Waals surface area contributed by atoms with Crippen molar-refractivity contribution in [2.45, 2.75) is 123 Å². The second kappa shape index (κ2) is 13.3. The van der Waals surface area contributed by atoms with Gasteiger partial charge in [-0.15, -0.1) is 0 Å². The summed E-state index contributed by atoms with van der Waals surface area (Å²) in [4.78, 5) is 2.68. The first-order valence-electron chi connectivity index (χ1n) is 26.4. The number of para-hydroxylation sites is 1. The van der Waals surface area contributed by atoms with Gasteiger partial charge >= 0.3 is 6.85 Å². The number of nitrogens with zero attached hydrogens (tertiary/aromatic N) is 2. The Labute approximate surface area is 422 Å². The van der Waals surface area contributed by atoms with E-state index < -0.39 is 0 Å². The van der Waals surface area contributed by atoms with Gasteiger partial charge in [-0.3, -0.25) is 0 Å². The normalized spacial score (nSPS) is 17.1. The maximum absolute atomic E-state index is 7.35. The maximum Gasteiger partial charge on any atom is 0.333 e. The lowest BCUT2D eigenvalue weighted by Crippen LogP contribution is -2.60. The predicted molar refractivity (Wildman–Crippen MR) is 305 cm³/mol. The number of benzene rings is 8. The van der Waals surface area contributed by atoms with E-state index in [1.807, 2.05) is 0 Å². The fourth-order valence-electron chi connectivity index (χ4n) is 14.2. The van der Waals surface area contributed by atoms with Crippen LogP contribution in [0.3, 0.4) is 0 Å². The van der Waals surface area contributed by atoms with E-state index in [1.54, 1.807) is 0 Å². The lowest BCUT2D eigenvalue weighted by molar-refractivity contribution is 0.332. The molecule has 0 amide bonds. The molecule has 3 aromatic heterocycles. The Balaban J connectivity index is 1.16. The monoisotopic (exact) mass is 936 g/mol. The molecular weight excluding hydrogens is 876 g/mol. The summed E-state index contributed by atoms with van der Waals surface area (Å²) >= 11 is 0. The Kier molecular flexibility index (Phi) is 7.91. The third-order valence-electron chi connectivity index (χ3n) is 18.3. The fraction of sp³-hybridized carbons (Fsp3) is 0.284. The Bertz CT molecular complexity index is 4270. The van der Waals surface area contributed by atoms with Gasteiger partial charge in [-0.2, -0.15) is 0 Å². The van der Waals surface area contributed by atoms with Crippen LogP contribution in [0.25, 0.3) is 93.6 Å². The maximum atomic E-state index is 7.35. The molecule has 72 heavy (non-hydrogen) atoms. The molecule has 0 atom stereocenters. The minimum atomic E-state index is -0.195. The summed E-state index contributed by atoms with van der Waals surface area (Å²) in [6, 6.07) is 49.5. The zero-order valence-corrected chi connectivity index (χ0v) is 43.8. The first kappa shape index (κ1) is 42.7. The second-order valence-electron chi connectivity index (χ2n) is 26.0. The van der Waals surface area contributed by atoms with Gasteiger partial charge in [-0.25, -0.2) is 0 Å². The van der Waals surface area contributed by atoms with Gasteiger partial charge in [0.1, 0.15) is 22.3 Å². The van der Waals surface area contributed by atoms with Crippen LogP contribution in [0.5, 0.6) is 0 Å². The number of anilines is 2. The van der Waals surface area contributed by atoms with Gasteiger partial charge in [0, 0.05) is 61.0 Å². The summed E-state index contributed by atoms with van der Waals surface area (Å²) in [6.45, 7) is 28.2. The molecule has 5 heterocycles. The molecule has 0 radical (unpaired) electrons. The van der Waals surface area contributed by atoms with Crippen LogP contribution in [0, 0.1) is 0 Å². The standard InChI is InChI=1S/C67H61BN2O2/c1-63(2,3)36-21-24-38(25-22-36)70-52-35-56-42(43-31-48-49(34-55(43)71-56)66(9,10)28-27-65(48,7)8)30-45(52)57-58-40-18-14-16-20-54(40)72-62(58)59-44-29-37(64(4,5)6)23-26-51(44)69-53-32-41-39-17-13-15-19-46(39)67(11,12)47(41)33-50(53)68(70)60(57)61(59)69/h13-26,29-35H,27-28H2,1-12H3. The highest BCUT2D eigenvalue weighted by atomic mass is 16.3. The average Bonchev–Trinajstić information content (AvgIpc) is 4.07. The largest absolute Gasteiger partial charge is 0.456 e. The van der Waals surface area contributed by atoms with Crippen LogP contribution >= 0.6 is 0 Å². The first-order chi connectivity index (χ1) is 34.2. The lowest BCUT2D eigenvalue weighted by Gasteiger charge is -2.42. The van der Waals surface area contributed by atoms with Gasteiger partial charge in [0.05, 0.1) is 16.4 Å². The minimum Gasteiger partial charge on any atom is -0.456 e. The SMILES string of the molecule is CC(C)(C)c1ccc(N2B3c4cc5c(cc4-n4c6ccc(C(C)(C)C)cc6c6c7oc8ccccc8c7c(c3c64)-c3cc4c(cc32)oc2cc3c(cc24)C(C)(C)CCC3(C)C)-c2ccccc2C5(C)C)cc1. The molecule has 0 fully saturated rings. The van der Waals surface area contributed by atoms with Crippen molar-refractivity contribution in [1.29, 1.82) is 0 Å². The first-order valence-corrected chi connectivity index (χ1v) is 26.4. The number of aromatic nitrogens is 1. The van der Waals surface area contributed by atoms with E-state index in [2.05, 4.69) is 220 Å². The molecule has 11 aromatic rings. The van der Waals surface area contributed by atoms with Gasteiger partial charge in [0.2, 0.25) is 0 Å². The summed E-state index contributed by atoms with van der Waals surface area (Å²) in [5, 5.41) is 7.10. The van der Waals surface area contributed by atoms with Gasteiger partial charge in [0.15, 0.2) is 0 Å². The predicted octanol–water partition coefficient (Wildman–Crippen LogP) is 17.1. The quantitative estimate of drug-likeness (QED) is 0.154. The van der Waals surface area contributed by atoms with Crippen LogP contribution in [0.1, 0.15) is 129 Å². The summed E-state index contributed by atoms with van der Waals surface area (Å²) < 4.78 is 17.2. The van der Waals surface area contributed by atoms with Crippen molar-refractivity contribution in [2.75, 3.05) is 4.81 Å². The van der Waals surface area contributed by atoms with Crippen molar-refractivity contribution >= 4 is 94.8 Å². The van der Waals surface area contributed by atoms with Crippen molar-refractivity contribution in [3.63, 3.8) is 0 Å². The molecule has 8 aromatic carbocycles. The van der Waals surface area contributed by atoms with E-state index in [0.717, 1.165) is 57.3 Å². The van der Waals surface area contributed by atoms with Crippen LogP contribution in [0.2, 0.25) is 0 Å². The molecule has 4 aliphatic rings. The molecule has 0 N–H and O–H groups in total. The summed E-state index contributed by atoms with van der Waals surface area (Å²) in [5.74, 6) is 0. The summed E-state index contributed by atoms with van der Waals surface area (Å²) in [6.07, 6.45) is 2.31. The van der Waals surface area contributed by atoms with E-state index in [0.29, 0.717) is 0 Å². The van der Waals surface area contributed by atoms with Crippen molar-refractivity contribution in [1.82, 2.24) is 4.57 Å². The second-order valence-corrected chi connectivity index (χ2v) is 26.0.